The summed E-state index contributed by atoms with van der Waals surface area (Å²) in [4.78, 5) is 14.4. The van der Waals surface area contributed by atoms with E-state index in [1.165, 1.54) is 17.7 Å². The second-order valence-corrected chi connectivity index (χ2v) is 7.19. The lowest BCUT2D eigenvalue weighted by atomic mass is 9.84. The van der Waals surface area contributed by atoms with Gasteiger partial charge in [-0.25, -0.2) is 0 Å². The van der Waals surface area contributed by atoms with Gasteiger partial charge in [-0.1, -0.05) is 12.5 Å². The first kappa shape index (κ1) is 17.9. The molecular weight excluding hydrogens is 355 g/mol. The Bertz CT molecular complexity index is 841. The van der Waals surface area contributed by atoms with Crippen molar-refractivity contribution in [1.29, 1.82) is 0 Å². The highest BCUT2D eigenvalue weighted by Crippen LogP contribution is 2.33. The summed E-state index contributed by atoms with van der Waals surface area (Å²) in [5.41, 5.74) is 1.52. The van der Waals surface area contributed by atoms with E-state index >= 15 is 0 Å². The number of halogens is 3. The summed E-state index contributed by atoms with van der Waals surface area (Å²) in [7, 11) is 0. The maximum atomic E-state index is 12.7. The molecule has 2 aromatic carbocycles. The highest BCUT2D eigenvalue weighted by Gasteiger charge is 2.31. The van der Waals surface area contributed by atoms with E-state index in [1.54, 1.807) is 0 Å². The van der Waals surface area contributed by atoms with E-state index in [0.29, 0.717) is 18.0 Å². The number of amides is 1. The van der Waals surface area contributed by atoms with Crippen LogP contribution < -0.4 is 4.74 Å². The van der Waals surface area contributed by atoms with E-state index in [-0.39, 0.29) is 11.8 Å². The highest BCUT2D eigenvalue weighted by atomic mass is 19.4. The molecule has 1 saturated carbocycles. The van der Waals surface area contributed by atoms with Crippen LogP contribution in [0.5, 0.6) is 11.5 Å². The summed E-state index contributed by atoms with van der Waals surface area (Å²) >= 11 is 0. The fourth-order valence-electron chi connectivity index (χ4n) is 3.55. The molecule has 6 heteroatoms. The molecule has 0 saturated heterocycles. The number of ether oxygens (including phenoxy) is 1. The summed E-state index contributed by atoms with van der Waals surface area (Å²) in [6, 6.07) is 10.3. The topological polar surface area (TPSA) is 29.5 Å². The second-order valence-electron chi connectivity index (χ2n) is 7.19. The quantitative estimate of drug-likeness (QED) is 0.740. The van der Waals surface area contributed by atoms with Crippen LogP contribution in [0.3, 0.4) is 0 Å². The fraction of sp³-hybridized carbons (Fsp3) is 0.381. The number of carbonyl (C=O) groups is 1. The summed E-state index contributed by atoms with van der Waals surface area (Å²) in [5.74, 6) is 1.33. The monoisotopic (exact) mass is 375 g/mol. The van der Waals surface area contributed by atoms with Crippen molar-refractivity contribution in [2.75, 3.05) is 6.54 Å². The van der Waals surface area contributed by atoms with Crippen LogP contribution in [-0.2, 0) is 23.9 Å². The summed E-state index contributed by atoms with van der Waals surface area (Å²) in [5, 5.41) is 0. The third kappa shape index (κ3) is 3.80. The number of hydrogen-bond acceptors (Lipinski definition) is 2. The van der Waals surface area contributed by atoms with Crippen molar-refractivity contribution in [3.8, 4) is 11.5 Å². The molecule has 2 aliphatic rings. The fourth-order valence-corrected chi connectivity index (χ4v) is 3.55. The Labute approximate surface area is 155 Å². The van der Waals surface area contributed by atoms with Gasteiger partial charge >= 0.3 is 6.18 Å². The molecule has 1 heterocycles. The largest absolute Gasteiger partial charge is 0.457 e. The zero-order valence-electron chi connectivity index (χ0n) is 14.8. The molecule has 1 aliphatic carbocycles. The van der Waals surface area contributed by atoms with Gasteiger partial charge in [0.1, 0.15) is 11.5 Å². The van der Waals surface area contributed by atoms with Crippen LogP contribution >= 0.6 is 0 Å². The Morgan fingerprint density at radius 3 is 2.33 bits per heavy atom. The molecule has 1 fully saturated rings. The van der Waals surface area contributed by atoms with Crippen molar-refractivity contribution in [2.45, 2.75) is 38.4 Å². The second kappa shape index (κ2) is 6.91. The minimum atomic E-state index is -4.36. The Balaban J connectivity index is 1.47. The molecule has 0 bridgehead atoms. The molecule has 1 amide bonds. The average molecular weight is 375 g/mol. The molecule has 2 aromatic rings. The summed E-state index contributed by atoms with van der Waals surface area (Å²) in [6.07, 6.45) is -0.445. The van der Waals surface area contributed by atoms with Crippen LogP contribution in [-0.4, -0.2) is 17.4 Å². The van der Waals surface area contributed by atoms with Crippen LogP contribution in [0.2, 0.25) is 0 Å². The molecule has 3 nitrogen and oxygen atoms in total. The van der Waals surface area contributed by atoms with Crippen LogP contribution in [0.1, 0.15) is 36.0 Å². The van der Waals surface area contributed by atoms with Crippen LogP contribution in [0.25, 0.3) is 0 Å². The van der Waals surface area contributed by atoms with Crippen LogP contribution in [0, 0.1) is 5.92 Å². The highest BCUT2D eigenvalue weighted by molar-refractivity contribution is 5.80. The van der Waals surface area contributed by atoms with Gasteiger partial charge in [-0.15, -0.1) is 0 Å². The maximum Gasteiger partial charge on any atom is 0.416 e. The third-order valence-electron chi connectivity index (χ3n) is 5.37. The lowest BCUT2D eigenvalue weighted by Gasteiger charge is -2.35. The van der Waals surface area contributed by atoms with Gasteiger partial charge in [0.25, 0.3) is 0 Å². The lowest BCUT2D eigenvalue weighted by Crippen LogP contribution is -2.41. The number of rotatable bonds is 3. The predicted octanol–water partition coefficient (Wildman–Crippen LogP) is 5.18. The zero-order valence-corrected chi connectivity index (χ0v) is 14.8. The van der Waals surface area contributed by atoms with E-state index in [0.717, 1.165) is 49.9 Å². The Morgan fingerprint density at radius 2 is 1.70 bits per heavy atom. The molecular formula is C21H20F3NO2. The van der Waals surface area contributed by atoms with Gasteiger partial charge in [-0.05, 0) is 66.8 Å². The SMILES string of the molecule is O=C(C1CCC1)N1CCc2ccc(Oc3ccc(C(F)(F)F)cc3)cc2C1. The van der Waals surface area contributed by atoms with Gasteiger partial charge in [0.15, 0.2) is 0 Å². The molecule has 0 aromatic heterocycles. The summed E-state index contributed by atoms with van der Waals surface area (Å²) in [6.45, 7) is 1.30. The Morgan fingerprint density at radius 1 is 1.00 bits per heavy atom. The number of alkyl halides is 3. The molecule has 4 rings (SSSR count). The van der Waals surface area contributed by atoms with E-state index in [4.69, 9.17) is 4.74 Å². The number of benzene rings is 2. The van der Waals surface area contributed by atoms with E-state index in [1.807, 2.05) is 23.1 Å². The van der Waals surface area contributed by atoms with Crippen molar-refractivity contribution in [3.05, 3.63) is 59.2 Å². The van der Waals surface area contributed by atoms with Crippen molar-refractivity contribution in [1.82, 2.24) is 4.90 Å². The lowest BCUT2D eigenvalue weighted by molar-refractivity contribution is -0.139. The Hall–Kier alpha value is -2.50. The standard InChI is InChI=1S/C21H20F3NO2/c22-21(23,24)17-5-8-18(9-6-17)27-19-7-4-14-10-11-25(13-16(14)12-19)20(26)15-2-1-3-15/h4-9,12,15H,1-3,10-11,13H2. The normalized spacial score (nSPS) is 17.2. The molecule has 0 spiro atoms. The molecule has 0 atom stereocenters. The molecule has 27 heavy (non-hydrogen) atoms. The van der Waals surface area contributed by atoms with Gasteiger partial charge in [0, 0.05) is 19.0 Å². The van der Waals surface area contributed by atoms with Gasteiger partial charge in [-0.2, -0.15) is 13.2 Å². The third-order valence-corrected chi connectivity index (χ3v) is 5.37. The molecule has 1 aliphatic heterocycles. The summed E-state index contributed by atoms with van der Waals surface area (Å²) < 4.78 is 43.7. The van der Waals surface area contributed by atoms with Gasteiger partial charge in [0.05, 0.1) is 5.56 Å². The average Bonchev–Trinajstić information content (AvgIpc) is 2.59. The first-order valence-electron chi connectivity index (χ1n) is 9.16. The maximum absolute atomic E-state index is 12.7. The molecule has 0 unspecified atom stereocenters. The van der Waals surface area contributed by atoms with Gasteiger partial charge < -0.3 is 9.64 Å². The van der Waals surface area contributed by atoms with Gasteiger partial charge in [-0.3, -0.25) is 4.79 Å². The first-order chi connectivity index (χ1) is 12.9. The molecule has 142 valence electrons. The Kier molecular flexibility index (Phi) is 4.58. The number of carbonyl (C=O) groups excluding carboxylic acids is 1. The molecule has 0 N–H and O–H groups in total. The van der Waals surface area contributed by atoms with Crippen LogP contribution in [0.4, 0.5) is 13.2 Å². The predicted molar refractivity (Wildman–Crippen MR) is 94.4 cm³/mol. The van der Waals surface area contributed by atoms with Crippen molar-refractivity contribution < 1.29 is 22.7 Å². The van der Waals surface area contributed by atoms with E-state index < -0.39 is 11.7 Å². The van der Waals surface area contributed by atoms with Crippen molar-refractivity contribution >= 4 is 5.91 Å². The van der Waals surface area contributed by atoms with E-state index in [2.05, 4.69) is 0 Å². The van der Waals surface area contributed by atoms with Crippen molar-refractivity contribution in [2.24, 2.45) is 5.92 Å². The number of fused-ring (bicyclic) bond motifs is 1. The van der Waals surface area contributed by atoms with E-state index in [9.17, 15) is 18.0 Å². The smallest absolute Gasteiger partial charge is 0.416 e. The van der Waals surface area contributed by atoms with Crippen LogP contribution in [0.15, 0.2) is 42.5 Å². The minimum Gasteiger partial charge on any atom is -0.457 e. The zero-order chi connectivity index (χ0) is 19.0. The molecule has 0 radical (unpaired) electrons. The van der Waals surface area contributed by atoms with Gasteiger partial charge in [0.2, 0.25) is 5.91 Å². The number of hydrogen-bond donors (Lipinski definition) is 0. The van der Waals surface area contributed by atoms with Crippen molar-refractivity contribution in [3.63, 3.8) is 0 Å². The first-order valence-corrected chi connectivity index (χ1v) is 9.16. The minimum absolute atomic E-state index is 0.179. The number of nitrogens with zero attached hydrogens (tertiary/aromatic N) is 1.